The largest absolute Gasteiger partial charge is 0.450 e. The number of nitrogens with one attached hydrogen (secondary N) is 2. The van der Waals surface area contributed by atoms with Crippen LogP contribution >= 0.6 is 15.9 Å². The summed E-state index contributed by atoms with van der Waals surface area (Å²) in [7, 11) is 0. The first-order valence-electron chi connectivity index (χ1n) is 6.23. The van der Waals surface area contributed by atoms with Gasteiger partial charge >= 0.3 is 5.97 Å². The minimum absolute atomic E-state index is 0.0694. The van der Waals surface area contributed by atoms with Gasteiger partial charge in [0.15, 0.2) is 11.3 Å². The van der Waals surface area contributed by atoms with E-state index in [9.17, 15) is 18.8 Å². The van der Waals surface area contributed by atoms with Crippen LogP contribution in [0.1, 0.15) is 20.9 Å². The van der Waals surface area contributed by atoms with Crippen molar-refractivity contribution in [2.75, 3.05) is 6.61 Å². The van der Waals surface area contributed by atoms with Crippen molar-refractivity contribution in [1.82, 2.24) is 10.9 Å². The molecule has 0 fully saturated rings. The smallest absolute Gasteiger partial charge is 0.374 e. The van der Waals surface area contributed by atoms with Gasteiger partial charge in [0.25, 0.3) is 11.8 Å². The highest BCUT2D eigenvalue weighted by atomic mass is 79.9. The number of amides is 2. The van der Waals surface area contributed by atoms with Crippen molar-refractivity contribution in [3.05, 3.63) is 58.2 Å². The summed E-state index contributed by atoms with van der Waals surface area (Å²) < 4.78 is 22.7. The molecule has 0 aliphatic heterocycles. The zero-order valence-electron chi connectivity index (χ0n) is 11.5. The van der Waals surface area contributed by atoms with Crippen LogP contribution in [0.15, 0.2) is 45.5 Å². The van der Waals surface area contributed by atoms with Crippen molar-refractivity contribution in [1.29, 1.82) is 0 Å². The van der Waals surface area contributed by atoms with Crippen LogP contribution in [0.5, 0.6) is 0 Å². The fraction of sp³-hybridized carbons (Fsp3) is 0.0714. The van der Waals surface area contributed by atoms with Crippen LogP contribution in [-0.4, -0.2) is 24.4 Å². The van der Waals surface area contributed by atoms with Gasteiger partial charge in [-0.1, -0.05) is 0 Å². The Morgan fingerprint density at radius 1 is 1.09 bits per heavy atom. The average molecular weight is 385 g/mol. The van der Waals surface area contributed by atoms with Crippen LogP contribution in [0.3, 0.4) is 0 Å². The van der Waals surface area contributed by atoms with Crippen LogP contribution in [0.25, 0.3) is 0 Å². The summed E-state index contributed by atoms with van der Waals surface area (Å²) in [5.74, 6) is -2.77. The number of hydrogen-bond acceptors (Lipinski definition) is 5. The third-order valence-corrected chi connectivity index (χ3v) is 2.96. The second kappa shape index (κ2) is 7.54. The number of esters is 1. The molecule has 1 aromatic heterocycles. The summed E-state index contributed by atoms with van der Waals surface area (Å²) in [4.78, 5) is 34.6. The minimum atomic E-state index is -0.823. The molecule has 1 aromatic carbocycles. The molecule has 0 aliphatic carbocycles. The lowest BCUT2D eigenvalue weighted by atomic mass is 10.2. The van der Waals surface area contributed by atoms with Crippen LogP contribution in [0, 0.1) is 5.82 Å². The number of halogens is 2. The van der Waals surface area contributed by atoms with Crippen molar-refractivity contribution in [2.24, 2.45) is 0 Å². The average Bonchev–Trinajstić information content (AvgIpc) is 2.97. The fourth-order valence-electron chi connectivity index (χ4n) is 1.46. The molecule has 9 heteroatoms. The maximum Gasteiger partial charge on any atom is 0.374 e. The highest BCUT2D eigenvalue weighted by Gasteiger charge is 2.14. The van der Waals surface area contributed by atoms with E-state index in [1.54, 1.807) is 0 Å². The molecule has 0 saturated heterocycles. The molecule has 23 heavy (non-hydrogen) atoms. The van der Waals surface area contributed by atoms with Gasteiger partial charge in [-0.15, -0.1) is 0 Å². The molecule has 0 atom stereocenters. The maximum atomic E-state index is 12.7. The standard InChI is InChI=1S/C14H10BrFN2O5/c15-11-6-5-10(23-11)14(21)22-7-12(19)17-18-13(20)8-1-3-9(16)4-2-8/h1-6H,7H2,(H,17,19)(H,18,20). The van der Waals surface area contributed by atoms with E-state index in [2.05, 4.69) is 26.8 Å². The lowest BCUT2D eigenvalue weighted by Gasteiger charge is -2.07. The van der Waals surface area contributed by atoms with Crippen LogP contribution in [-0.2, 0) is 9.53 Å². The molecule has 120 valence electrons. The zero-order chi connectivity index (χ0) is 16.8. The number of furan rings is 1. The van der Waals surface area contributed by atoms with E-state index in [1.807, 2.05) is 0 Å². The molecule has 0 saturated carbocycles. The van der Waals surface area contributed by atoms with Crippen LogP contribution < -0.4 is 10.9 Å². The van der Waals surface area contributed by atoms with Gasteiger partial charge in [-0.2, -0.15) is 0 Å². The maximum absolute atomic E-state index is 12.7. The molecule has 0 aliphatic rings. The Hall–Kier alpha value is -2.68. The first kappa shape index (κ1) is 16.7. The molecule has 2 rings (SSSR count). The monoisotopic (exact) mass is 384 g/mol. The Bertz CT molecular complexity index is 729. The number of ether oxygens (including phenoxy) is 1. The van der Waals surface area contributed by atoms with Crippen molar-refractivity contribution >= 4 is 33.7 Å². The number of hydrogen-bond donors (Lipinski definition) is 2. The molecule has 2 N–H and O–H groups in total. The minimum Gasteiger partial charge on any atom is -0.450 e. The van der Waals surface area contributed by atoms with Gasteiger partial charge in [0, 0.05) is 5.56 Å². The summed E-state index contributed by atoms with van der Waals surface area (Å²) in [5.41, 5.74) is 4.32. The van der Waals surface area contributed by atoms with E-state index in [0.29, 0.717) is 4.67 Å². The van der Waals surface area contributed by atoms with Gasteiger partial charge < -0.3 is 9.15 Å². The Kier molecular flexibility index (Phi) is 5.47. The number of carbonyl (C=O) groups excluding carboxylic acids is 3. The number of carbonyl (C=O) groups is 3. The Morgan fingerprint density at radius 2 is 1.78 bits per heavy atom. The second-order valence-corrected chi connectivity index (χ2v) is 4.97. The van der Waals surface area contributed by atoms with E-state index in [1.165, 1.54) is 24.3 Å². The highest BCUT2D eigenvalue weighted by molar-refractivity contribution is 9.10. The molecule has 1 heterocycles. The van der Waals surface area contributed by atoms with E-state index >= 15 is 0 Å². The van der Waals surface area contributed by atoms with E-state index in [0.717, 1.165) is 12.1 Å². The first-order valence-corrected chi connectivity index (χ1v) is 7.02. The molecule has 2 aromatic rings. The van der Waals surface area contributed by atoms with Crippen molar-refractivity contribution in [2.45, 2.75) is 0 Å². The Morgan fingerprint density at radius 3 is 2.39 bits per heavy atom. The zero-order valence-corrected chi connectivity index (χ0v) is 13.1. The van der Waals surface area contributed by atoms with Crippen LogP contribution in [0.4, 0.5) is 4.39 Å². The molecule has 0 unspecified atom stereocenters. The summed E-state index contributed by atoms with van der Waals surface area (Å²) in [6.45, 7) is -0.610. The van der Waals surface area contributed by atoms with E-state index in [4.69, 9.17) is 9.15 Å². The summed E-state index contributed by atoms with van der Waals surface area (Å²) in [5, 5.41) is 0. The second-order valence-electron chi connectivity index (χ2n) is 4.19. The fourth-order valence-corrected chi connectivity index (χ4v) is 1.77. The predicted octanol–water partition coefficient (Wildman–Crippen LogP) is 1.80. The number of hydrazine groups is 1. The van der Waals surface area contributed by atoms with Gasteiger partial charge in [0.05, 0.1) is 0 Å². The summed E-state index contributed by atoms with van der Waals surface area (Å²) in [6, 6.07) is 7.61. The first-order chi connectivity index (χ1) is 11.0. The Labute approximate surface area is 137 Å². The molecular weight excluding hydrogens is 375 g/mol. The van der Waals surface area contributed by atoms with Gasteiger partial charge in [-0.3, -0.25) is 20.4 Å². The lowest BCUT2D eigenvalue weighted by molar-refractivity contribution is -0.125. The predicted molar refractivity (Wildman–Crippen MR) is 78.7 cm³/mol. The molecule has 0 radical (unpaired) electrons. The third-order valence-electron chi connectivity index (χ3n) is 2.53. The normalized spacial score (nSPS) is 10.0. The van der Waals surface area contributed by atoms with Gasteiger partial charge in [-0.25, -0.2) is 9.18 Å². The lowest BCUT2D eigenvalue weighted by Crippen LogP contribution is -2.43. The number of rotatable bonds is 4. The number of benzene rings is 1. The molecular formula is C14H10BrFN2O5. The van der Waals surface area contributed by atoms with Crippen molar-refractivity contribution in [3.63, 3.8) is 0 Å². The summed E-state index contributed by atoms with van der Waals surface area (Å²) in [6.07, 6.45) is 0. The molecule has 2 amide bonds. The molecule has 0 spiro atoms. The van der Waals surface area contributed by atoms with Gasteiger partial charge in [0.1, 0.15) is 5.82 Å². The Balaban J connectivity index is 1.75. The van der Waals surface area contributed by atoms with E-state index in [-0.39, 0.29) is 11.3 Å². The summed E-state index contributed by atoms with van der Waals surface area (Å²) >= 11 is 3.02. The van der Waals surface area contributed by atoms with Crippen molar-refractivity contribution in [3.8, 4) is 0 Å². The van der Waals surface area contributed by atoms with Crippen molar-refractivity contribution < 1.29 is 27.9 Å². The van der Waals surface area contributed by atoms with Crippen LogP contribution in [0.2, 0.25) is 0 Å². The SMILES string of the molecule is O=C(COC(=O)c1ccc(Br)o1)NNC(=O)c1ccc(F)cc1. The third kappa shape index (κ3) is 4.92. The highest BCUT2D eigenvalue weighted by Crippen LogP contribution is 2.14. The molecule has 7 nitrogen and oxygen atoms in total. The topological polar surface area (TPSA) is 97.6 Å². The van der Waals surface area contributed by atoms with Gasteiger partial charge in [-0.05, 0) is 52.3 Å². The van der Waals surface area contributed by atoms with Gasteiger partial charge in [0.2, 0.25) is 5.76 Å². The molecule has 0 bridgehead atoms. The quantitative estimate of drug-likeness (QED) is 0.618. The van der Waals surface area contributed by atoms with E-state index < -0.39 is 30.2 Å².